The molecule has 0 saturated heterocycles. The standard InChI is InChI=1S/C13H19N3.C2H6/c14-8-11-7-12(15)5-6-13(11)16-9-10-3-1-2-4-10;1-2/h5-8,10,14,16H,1-4,9,15H2;1-2H3. The van der Waals surface area contributed by atoms with Crippen LogP contribution in [0.1, 0.15) is 45.1 Å². The molecule has 1 fully saturated rings. The summed E-state index contributed by atoms with van der Waals surface area (Å²) in [6, 6.07) is 5.68. The van der Waals surface area contributed by atoms with E-state index >= 15 is 0 Å². The van der Waals surface area contributed by atoms with Gasteiger partial charge in [0.05, 0.1) is 0 Å². The molecule has 0 atom stereocenters. The lowest BCUT2D eigenvalue weighted by atomic mass is 10.1. The van der Waals surface area contributed by atoms with Crippen LogP contribution in [0.5, 0.6) is 0 Å². The van der Waals surface area contributed by atoms with E-state index < -0.39 is 0 Å². The van der Waals surface area contributed by atoms with E-state index in [0.717, 1.165) is 23.7 Å². The fourth-order valence-corrected chi connectivity index (χ4v) is 2.33. The van der Waals surface area contributed by atoms with Gasteiger partial charge in [-0.25, -0.2) is 0 Å². The second-order valence-corrected chi connectivity index (χ2v) is 4.52. The molecule has 1 aliphatic rings. The molecule has 0 amide bonds. The van der Waals surface area contributed by atoms with Crippen molar-refractivity contribution in [3.63, 3.8) is 0 Å². The van der Waals surface area contributed by atoms with Crippen molar-refractivity contribution in [3.8, 4) is 0 Å². The fourth-order valence-electron chi connectivity index (χ4n) is 2.33. The summed E-state index contributed by atoms with van der Waals surface area (Å²) in [5.41, 5.74) is 8.30. The van der Waals surface area contributed by atoms with Crippen LogP contribution in [0.4, 0.5) is 11.4 Å². The van der Waals surface area contributed by atoms with Gasteiger partial charge in [0.15, 0.2) is 0 Å². The third kappa shape index (κ3) is 4.06. The molecule has 0 unspecified atom stereocenters. The minimum atomic E-state index is 0.713. The summed E-state index contributed by atoms with van der Waals surface area (Å²) in [5, 5.41) is 10.8. The van der Waals surface area contributed by atoms with E-state index in [1.807, 2.05) is 32.0 Å². The van der Waals surface area contributed by atoms with Crippen LogP contribution in [0.15, 0.2) is 18.2 Å². The molecule has 1 saturated carbocycles. The van der Waals surface area contributed by atoms with Crippen LogP contribution in [-0.4, -0.2) is 12.8 Å². The number of rotatable bonds is 4. The van der Waals surface area contributed by atoms with Crippen LogP contribution in [0.3, 0.4) is 0 Å². The highest BCUT2D eigenvalue weighted by atomic mass is 14.9. The Morgan fingerprint density at radius 1 is 1.33 bits per heavy atom. The van der Waals surface area contributed by atoms with Crippen molar-refractivity contribution < 1.29 is 0 Å². The summed E-state index contributed by atoms with van der Waals surface area (Å²) in [4.78, 5) is 0. The number of nitrogens with two attached hydrogens (primary N) is 1. The summed E-state index contributed by atoms with van der Waals surface area (Å²) in [6.45, 7) is 5.02. The number of hydrogen-bond acceptors (Lipinski definition) is 3. The maximum atomic E-state index is 7.35. The van der Waals surface area contributed by atoms with E-state index in [1.54, 1.807) is 0 Å². The molecule has 100 valence electrons. The first kappa shape index (κ1) is 14.6. The highest BCUT2D eigenvalue weighted by molar-refractivity contribution is 5.87. The van der Waals surface area contributed by atoms with Crippen molar-refractivity contribution in [1.29, 1.82) is 5.41 Å². The molecule has 3 heteroatoms. The maximum absolute atomic E-state index is 7.35. The number of nitrogens with one attached hydrogen (secondary N) is 2. The van der Waals surface area contributed by atoms with E-state index in [0.29, 0.717) is 5.69 Å². The quantitative estimate of drug-likeness (QED) is 0.558. The van der Waals surface area contributed by atoms with Crippen LogP contribution in [0, 0.1) is 11.3 Å². The minimum absolute atomic E-state index is 0.713. The molecule has 0 spiro atoms. The van der Waals surface area contributed by atoms with Crippen molar-refractivity contribution in [3.05, 3.63) is 23.8 Å². The van der Waals surface area contributed by atoms with E-state index in [-0.39, 0.29) is 0 Å². The van der Waals surface area contributed by atoms with Gasteiger partial charge in [-0.1, -0.05) is 26.7 Å². The van der Waals surface area contributed by atoms with Gasteiger partial charge in [-0.2, -0.15) is 0 Å². The van der Waals surface area contributed by atoms with Gasteiger partial charge in [0, 0.05) is 29.7 Å². The van der Waals surface area contributed by atoms with Crippen molar-refractivity contribution in [2.24, 2.45) is 5.92 Å². The molecule has 0 radical (unpaired) electrons. The van der Waals surface area contributed by atoms with E-state index in [2.05, 4.69) is 5.32 Å². The van der Waals surface area contributed by atoms with Gasteiger partial charge in [-0.15, -0.1) is 0 Å². The van der Waals surface area contributed by atoms with Crippen LogP contribution >= 0.6 is 0 Å². The fraction of sp³-hybridized carbons (Fsp3) is 0.533. The van der Waals surface area contributed by atoms with Crippen molar-refractivity contribution in [2.45, 2.75) is 39.5 Å². The Labute approximate surface area is 110 Å². The SMILES string of the molecule is CC.N=Cc1cc(N)ccc1NCC1CCCC1. The second kappa shape index (κ2) is 7.75. The largest absolute Gasteiger partial charge is 0.399 e. The molecule has 3 nitrogen and oxygen atoms in total. The zero-order valence-electron chi connectivity index (χ0n) is 11.5. The number of benzene rings is 1. The Balaban J connectivity index is 0.000000771. The smallest absolute Gasteiger partial charge is 0.0430 e. The molecule has 0 heterocycles. The van der Waals surface area contributed by atoms with Gasteiger partial charge < -0.3 is 16.5 Å². The molecule has 1 aliphatic carbocycles. The molecule has 0 bridgehead atoms. The molecule has 18 heavy (non-hydrogen) atoms. The average molecular weight is 247 g/mol. The third-order valence-electron chi connectivity index (χ3n) is 3.29. The molecule has 0 aliphatic heterocycles. The molecule has 2 rings (SSSR count). The number of hydrogen-bond donors (Lipinski definition) is 3. The lowest BCUT2D eigenvalue weighted by Gasteiger charge is -2.13. The van der Waals surface area contributed by atoms with Gasteiger partial charge in [0.25, 0.3) is 0 Å². The van der Waals surface area contributed by atoms with Crippen LogP contribution in [0.2, 0.25) is 0 Å². The monoisotopic (exact) mass is 247 g/mol. The van der Waals surface area contributed by atoms with Gasteiger partial charge in [-0.05, 0) is 37.0 Å². The van der Waals surface area contributed by atoms with Gasteiger partial charge in [0.2, 0.25) is 0 Å². The Kier molecular flexibility index (Phi) is 6.26. The minimum Gasteiger partial charge on any atom is -0.399 e. The molecular formula is C15H25N3. The van der Waals surface area contributed by atoms with E-state index in [1.165, 1.54) is 31.9 Å². The Morgan fingerprint density at radius 2 is 2.00 bits per heavy atom. The van der Waals surface area contributed by atoms with Gasteiger partial charge >= 0.3 is 0 Å². The van der Waals surface area contributed by atoms with Gasteiger partial charge in [-0.3, -0.25) is 0 Å². The summed E-state index contributed by atoms with van der Waals surface area (Å²) < 4.78 is 0. The van der Waals surface area contributed by atoms with Crippen molar-refractivity contribution in [1.82, 2.24) is 0 Å². The lowest BCUT2D eigenvalue weighted by Crippen LogP contribution is -2.12. The lowest BCUT2D eigenvalue weighted by molar-refractivity contribution is 0.580. The second-order valence-electron chi connectivity index (χ2n) is 4.52. The number of anilines is 2. The van der Waals surface area contributed by atoms with Crippen LogP contribution in [0.25, 0.3) is 0 Å². The topological polar surface area (TPSA) is 61.9 Å². The first-order valence-corrected chi connectivity index (χ1v) is 6.93. The highest BCUT2D eigenvalue weighted by Gasteiger charge is 2.14. The van der Waals surface area contributed by atoms with E-state index in [9.17, 15) is 0 Å². The predicted octanol–water partition coefficient (Wildman–Crippen LogP) is 3.89. The van der Waals surface area contributed by atoms with Gasteiger partial charge in [0.1, 0.15) is 0 Å². The molecular weight excluding hydrogens is 222 g/mol. The molecule has 0 aromatic heterocycles. The summed E-state index contributed by atoms with van der Waals surface area (Å²) in [6.07, 6.45) is 6.76. The highest BCUT2D eigenvalue weighted by Crippen LogP contribution is 2.25. The summed E-state index contributed by atoms with van der Waals surface area (Å²) in [7, 11) is 0. The Morgan fingerprint density at radius 3 is 2.61 bits per heavy atom. The summed E-state index contributed by atoms with van der Waals surface area (Å²) in [5.74, 6) is 0.802. The molecule has 4 N–H and O–H groups in total. The zero-order chi connectivity index (χ0) is 13.4. The van der Waals surface area contributed by atoms with Crippen LogP contribution < -0.4 is 11.1 Å². The third-order valence-corrected chi connectivity index (χ3v) is 3.29. The van der Waals surface area contributed by atoms with Crippen molar-refractivity contribution >= 4 is 17.6 Å². The average Bonchev–Trinajstić information content (AvgIpc) is 2.92. The molecule has 1 aromatic carbocycles. The Hall–Kier alpha value is -1.51. The Bertz CT molecular complexity index is 368. The van der Waals surface area contributed by atoms with E-state index in [4.69, 9.17) is 11.1 Å². The first-order valence-electron chi connectivity index (χ1n) is 6.93. The van der Waals surface area contributed by atoms with Crippen LogP contribution in [-0.2, 0) is 0 Å². The normalized spacial score (nSPS) is 14.8. The summed E-state index contributed by atoms with van der Waals surface area (Å²) >= 11 is 0. The first-order chi connectivity index (χ1) is 8.79. The number of nitrogen functional groups attached to an aromatic ring is 1. The van der Waals surface area contributed by atoms with Crippen molar-refractivity contribution in [2.75, 3.05) is 17.6 Å². The maximum Gasteiger partial charge on any atom is 0.0430 e. The zero-order valence-corrected chi connectivity index (χ0v) is 11.5. The predicted molar refractivity (Wildman–Crippen MR) is 80.5 cm³/mol. The molecule has 1 aromatic rings.